The standard InChI is InChI=1S/C35H36F12P2/c1-21(48(26-9-4-2-5-10-26)27-11-6-3-7-12-27)30-13-8-14-31(30)49(28-17-22(32(36,37)38)15-23(18-28)33(39,40)41)29-19-24(34(42,43)44)16-25(20-29)35(45,46)47/h8,13-21,26-27,31H,2-7,9-12H2,1H3/t21-,31?/m0/s1. The molecular formula is C35H36F12P2. The lowest BCUT2D eigenvalue weighted by Gasteiger charge is -2.44. The zero-order valence-electron chi connectivity index (χ0n) is 26.5. The second kappa shape index (κ2) is 14.5. The SMILES string of the molecule is C[C@@H](C1=CC=CC1P(c1cc(C(F)(F)F)cc(C(F)(F)F)c1)c1cc(C(F)(F)F)cc(C(F)(F)F)c1)P(C1CCCCC1)C1CCCCC1. The van der Waals surface area contributed by atoms with E-state index in [4.69, 9.17) is 0 Å². The average Bonchev–Trinajstić information content (AvgIpc) is 3.50. The van der Waals surface area contributed by atoms with Crippen LogP contribution in [0.2, 0.25) is 0 Å². The number of hydrogen-bond acceptors (Lipinski definition) is 0. The predicted molar refractivity (Wildman–Crippen MR) is 170 cm³/mol. The van der Waals surface area contributed by atoms with Crippen molar-refractivity contribution < 1.29 is 52.7 Å². The summed E-state index contributed by atoms with van der Waals surface area (Å²) in [4.78, 5) is 0. The van der Waals surface area contributed by atoms with Gasteiger partial charge in [0.2, 0.25) is 0 Å². The van der Waals surface area contributed by atoms with Gasteiger partial charge >= 0.3 is 24.7 Å². The van der Waals surface area contributed by atoms with Crippen LogP contribution in [0.25, 0.3) is 0 Å². The first kappa shape index (κ1) is 38.2. The maximum Gasteiger partial charge on any atom is 0.416 e. The van der Waals surface area contributed by atoms with E-state index < -0.39 is 79.1 Å². The van der Waals surface area contributed by atoms with Crippen LogP contribution in [-0.4, -0.2) is 22.6 Å². The summed E-state index contributed by atoms with van der Waals surface area (Å²) >= 11 is 0. The van der Waals surface area contributed by atoms with E-state index in [-0.39, 0.29) is 17.8 Å². The number of benzene rings is 2. The van der Waals surface area contributed by atoms with Gasteiger partial charge in [0.05, 0.1) is 22.3 Å². The zero-order valence-corrected chi connectivity index (χ0v) is 28.3. The Morgan fingerprint density at radius 3 is 1.20 bits per heavy atom. The first-order chi connectivity index (χ1) is 22.7. The lowest BCUT2D eigenvalue weighted by Crippen LogP contribution is -2.31. The molecule has 2 aromatic carbocycles. The fourth-order valence-electron chi connectivity index (χ4n) is 7.59. The lowest BCUT2D eigenvalue weighted by atomic mass is 9.99. The average molecular weight is 747 g/mol. The molecule has 0 spiro atoms. The molecule has 0 aromatic heterocycles. The molecule has 0 amide bonds. The minimum absolute atomic E-state index is 0.0838. The third kappa shape index (κ3) is 8.88. The van der Waals surface area contributed by atoms with E-state index >= 15 is 0 Å². The third-order valence-corrected chi connectivity index (χ3v) is 16.4. The molecule has 2 saturated carbocycles. The lowest BCUT2D eigenvalue weighted by molar-refractivity contribution is -0.144. The Hall–Kier alpha value is -2.06. The summed E-state index contributed by atoms with van der Waals surface area (Å²) in [6.07, 6.45) is -6.00. The molecule has 270 valence electrons. The highest BCUT2D eigenvalue weighted by molar-refractivity contribution is 7.74. The van der Waals surface area contributed by atoms with Crippen LogP contribution in [0.4, 0.5) is 52.7 Å². The van der Waals surface area contributed by atoms with Gasteiger partial charge < -0.3 is 0 Å². The fraction of sp³-hybridized carbons (Fsp3) is 0.543. The molecule has 2 atom stereocenters. The molecule has 0 saturated heterocycles. The van der Waals surface area contributed by atoms with E-state index in [1.54, 1.807) is 12.2 Å². The molecule has 1 unspecified atom stereocenters. The predicted octanol–water partition coefficient (Wildman–Crippen LogP) is 12.6. The van der Waals surface area contributed by atoms with Crippen molar-refractivity contribution in [1.29, 1.82) is 0 Å². The van der Waals surface area contributed by atoms with Gasteiger partial charge in [0.15, 0.2) is 0 Å². The summed E-state index contributed by atoms with van der Waals surface area (Å²) in [6.45, 7) is 1.98. The third-order valence-electron chi connectivity index (χ3n) is 9.83. The Bertz CT molecular complexity index is 1360. The number of rotatable bonds is 7. The van der Waals surface area contributed by atoms with Gasteiger partial charge in [0.25, 0.3) is 0 Å². The Balaban J connectivity index is 1.72. The van der Waals surface area contributed by atoms with E-state index in [0.29, 0.717) is 41.2 Å². The van der Waals surface area contributed by atoms with Crippen LogP contribution in [0.15, 0.2) is 60.2 Å². The van der Waals surface area contributed by atoms with E-state index in [0.717, 1.165) is 64.2 Å². The van der Waals surface area contributed by atoms with Gasteiger partial charge in [-0.25, -0.2) is 0 Å². The smallest absolute Gasteiger partial charge is 0.166 e. The van der Waals surface area contributed by atoms with Crippen LogP contribution in [0, 0.1) is 0 Å². The van der Waals surface area contributed by atoms with E-state index in [1.165, 1.54) is 6.08 Å². The quantitative estimate of drug-likeness (QED) is 0.196. The minimum atomic E-state index is -5.27. The number of alkyl halides is 12. The normalized spacial score (nSPS) is 21.1. The molecular weight excluding hydrogens is 710 g/mol. The van der Waals surface area contributed by atoms with E-state index in [2.05, 4.69) is 0 Å². The number of hydrogen-bond donors (Lipinski definition) is 0. The maximum absolute atomic E-state index is 14.1. The van der Waals surface area contributed by atoms with Crippen LogP contribution in [0.1, 0.15) is 93.4 Å². The number of halogens is 12. The van der Waals surface area contributed by atoms with E-state index in [1.807, 2.05) is 6.92 Å². The molecule has 2 fully saturated rings. The number of allylic oxidation sites excluding steroid dienone is 4. The van der Waals surface area contributed by atoms with Crippen molar-refractivity contribution in [3.05, 3.63) is 82.5 Å². The van der Waals surface area contributed by atoms with Gasteiger partial charge in [-0.05, 0) is 97.6 Å². The molecule has 0 bridgehead atoms. The molecule has 0 heterocycles. The molecule has 2 aromatic rings. The molecule has 3 aliphatic rings. The molecule has 0 aliphatic heterocycles. The second-order valence-electron chi connectivity index (χ2n) is 13.1. The van der Waals surface area contributed by atoms with Crippen LogP contribution >= 0.6 is 15.8 Å². The zero-order chi connectivity index (χ0) is 35.9. The highest BCUT2D eigenvalue weighted by Crippen LogP contribution is 2.63. The van der Waals surface area contributed by atoms with Crippen molar-refractivity contribution >= 4 is 26.5 Å². The van der Waals surface area contributed by atoms with Gasteiger partial charge in [-0.1, -0.05) is 77.2 Å². The highest BCUT2D eigenvalue weighted by atomic mass is 31.1. The van der Waals surface area contributed by atoms with E-state index in [9.17, 15) is 52.7 Å². The second-order valence-corrected chi connectivity index (χ2v) is 18.6. The van der Waals surface area contributed by atoms with Gasteiger partial charge in [-0.3, -0.25) is 0 Å². The summed E-state index contributed by atoms with van der Waals surface area (Å²) in [7, 11) is -3.46. The van der Waals surface area contributed by atoms with Crippen molar-refractivity contribution in [2.24, 2.45) is 0 Å². The first-order valence-corrected chi connectivity index (χ1v) is 19.2. The summed E-state index contributed by atoms with van der Waals surface area (Å²) in [5.74, 6) is 0. The first-order valence-electron chi connectivity index (χ1n) is 16.3. The van der Waals surface area contributed by atoms with Gasteiger partial charge in [-0.2, -0.15) is 52.7 Å². The summed E-state index contributed by atoms with van der Waals surface area (Å²) in [5, 5.41) is -1.20. The molecule has 0 nitrogen and oxygen atoms in total. The van der Waals surface area contributed by atoms with Crippen molar-refractivity contribution in [2.45, 2.75) is 118 Å². The van der Waals surface area contributed by atoms with Crippen LogP contribution < -0.4 is 10.6 Å². The topological polar surface area (TPSA) is 0 Å². The van der Waals surface area contributed by atoms with Crippen molar-refractivity contribution in [1.82, 2.24) is 0 Å². The minimum Gasteiger partial charge on any atom is -0.166 e. The molecule has 5 rings (SSSR count). The summed E-state index contributed by atoms with van der Waals surface area (Å²) in [6, 6.07) is 1.64. The highest BCUT2D eigenvalue weighted by Gasteiger charge is 2.44. The van der Waals surface area contributed by atoms with Crippen molar-refractivity contribution in [3.63, 3.8) is 0 Å². The fourth-order valence-corrected chi connectivity index (χ4v) is 15.0. The Morgan fingerprint density at radius 2 is 0.878 bits per heavy atom. The van der Waals surface area contributed by atoms with Crippen molar-refractivity contribution in [3.8, 4) is 0 Å². The van der Waals surface area contributed by atoms with Crippen LogP contribution in [0.5, 0.6) is 0 Å². The Morgan fingerprint density at radius 1 is 0.531 bits per heavy atom. The molecule has 49 heavy (non-hydrogen) atoms. The van der Waals surface area contributed by atoms with Crippen LogP contribution in [-0.2, 0) is 24.7 Å². The Kier molecular flexibility index (Phi) is 11.3. The molecule has 0 radical (unpaired) electrons. The maximum atomic E-state index is 14.1. The molecule has 14 heteroatoms. The largest absolute Gasteiger partial charge is 0.416 e. The molecule has 0 N–H and O–H groups in total. The van der Waals surface area contributed by atoms with Gasteiger partial charge in [0.1, 0.15) is 0 Å². The van der Waals surface area contributed by atoms with Gasteiger partial charge in [0, 0.05) is 5.66 Å². The van der Waals surface area contributed by atoms with Crippen LogP contribution in [0.3, 0.4) is 0 Å². The van der Waals surface area contributed by atoms with Crippen molar-refractivity contribution in [2.75, 3.05) is 0 Å². The van der Waals surface area contributed by atoms with Gasteiger partial charge in [-0.15, -0.1) is 0 Å². The molecule has 3 aliphatic carbocycles. The Labute approximate surface area is 279 Å². The summed E-state index contributed by atoms with van der Waals surface area (Å²) < 4.78 is 169. The monoisotopic (exact) mass is 746 g/mol. The summed E-state index contributed by atoms with van der Waals surface area (Å²) in [5.41, 5.74) is -6.56.